The van der Waals surface area contributed by atoms with Crippen molar-refractivity contribution < 1.29 is 9.47 Å². The van der Waals surface area contributed by atoms with Gasteiger partial charge in [0.2, 0.25) is 0 Å². The monoisotopic (exact) mass is 312 g/mol. The summed E-state index contributed by atoms with van der Waals surface area (Å²) in [4.78, 5) is 0. The molecule has 1 rings (SSSR count). The average molecular weight is 313 g/mol. The highest BCUT2D eigenvalue weighted by atomic mass is 16.5. The van der Waals surface area contributed by atoms with Crippen LogP contribution in [0.1, 0.15) is 86.0 Å². The fourth-order valence-electron chi connectivity index (χ4n) is 3.40. The minimum absolute atomic E-state index is 0.402. The Bertz CT molecular complexity index is 248. The average Bonchev–Trinajstić information content (AvgIpc) is 2.51. The summed E-state index contributed by atoms with van der Waals surface area (Å²) < 4.78 is 12.2. The molecule has 0 aromatic heterocycles. The smallest absolute Gasteiger partial charge is 0.0599 e. The lowest BCUT2D eigenvalue weighted by atomic mass is 9.83. The van der Waals surface area contributed by atoms with E-state index in [1.807, 2.05) is 0 Å². The Morgan fingerprint density at radius 1 is 0.955 bits per heavy atom. The Morgan fingerprint density at radius 3 is 2.18 bits per heavy atom. The minimum atomic E-state index is 0.402. The summed E-state index contributed by atoms with van der Waals surface area (Å²) in [5, 5.41) is 0. The first-order chi connectivity index (χ1) is 10.6. The maximum Gasteiger partial charge on any atom is 0.0599 e. The minimum Gasteiger partial charge on any atom is -0.378 e. The van der Waals surface area contributed by atoms with Crippen LogP contribution in [0.5, 0.6) is 0 Å². The van der Waals surface area contributed by atoms with E-state index >= 15 is 0 Å². The van der Waals surface area contributed by atoms with Gasteiger partial charge in [-0.2, -0.15) is 0 Å². The molecule has 2 heteroatoms. The third-order valence-electron chi connectivity index (χ3n) is 5.21. The second-order valence-electron chi connectivity index (χ2n) is 7.72. The second-order valence-corrected chi connectivity index (χ2v) is 7.72. The molecule has 1 saturated carbocycles. The van der Waals surface area contributed by atoms with E-state index in [0.717, 1.165) is 50.7 Å². The number of hydrogen-bond donors (Lipinski definition) is 0. The molecule has 132 valence electrons. The van der Waals surface area contributed by atoms with Gasteiger partial charge in [-0.15, -0.1) is 0 Å². The van der Waals surface area contributed by atoms with Gasteiger partial charge in [0.05, 0.1) is 12.2 Å². The van der Waals surface area contributed by atoms with E-state index < -0.39 is 0 Å². The summed E-state index contributed by atoms with van der Waals surface area (Å²) in [5.74, 6) is 2.33. The van der Waals surface area contributed by atoms with Crippen molar-refractivity contribution in [3.05, 3.63) is 0 Å². The molecule has 1 aliphatic rings. The van der Waals surface area contributed by atoms with Crippen LogP contribution >= 0.6 is 0 Å². The SMILES string of the molecule is CCCOC(CC)CCC(OCC1CCC(C)CC1)C(C)C. The van der Waals surface area contributed by atoms with Crippen LogP contribution in [0.2, 0.25) is 0 Å². The molecule has 1 fully saturated rings. The molecule has 1 aliphatic carbocycles. The third kappa shape index (κ3) is 7.97. The molecule has 0 saturated heterocycles. The Hall–Kier alpha value is -0.0800. The maximum absolute atomic E-state index is 6.32. The molecule has 0 bridgehead atoms. The van der Waals surface area contributed by atoms with Crippen LogP contribution in [0.4, 0.5) is 0 Å². The first-order valence-corrected chi connectivity index (χ1v) is 9.79. The Morgan fingerprint density at radius 2 is 1.64 bits per heavy atom. The van der Waals surface area contributed by atoms with Crippen LogP contribution in [0, 0.1) is 17.8 Å². The zero-order valence-corrected chi connectivity index (χ0v) is 15.8. The summed E-state index contributed by atoms with van der Waals surface area (Å²) >= 11 is 0. The second kappa shape index (κ2) is 11.5. The summed E-state index contributed by atoms with van der Waals surface area (Å²) in [5.41, 5.74) is 0. The van der Waals surface area contributed by atoms with Crippen molar-refractivity contribution in [2.45, 2.75) is 98.2 Å². The van der Waals surface area contributed by atoms with Gasteiger partial charge in [-0.3, -0.25) is 0 Å². The van der Waals surface area contributed by atoms with E-state index in [2.05, 4.69) is 34.6 Å². The quantitative estimate of drug-likeness (QED) is 0.477. The van der Waals surface area contributed by atoms with Crippen molar-refractivity contribution >= 4 is 0 Å². The van der Waals surface area contributed by atoms with E-state index in [-0.39, 0.29) is 0 Å². The first-order valence-electron chi connectivity index (χ1n) is 9.79. The molecular formula is C20H40O2. The van der Waals surface area contributed by atoms with Crippen molar-refractivity contribution in [1.29, 1.82) is 0 Å². The highest BCUT2D eigenvalue weighted by Gasteiger charge is 2.22. The van der Waals surface area contributed by atoms with E-state index in [1.165, 1.54) is 25.7 Å². The number of ether oxygens (including phenoxy) is 2. The molecule has 22 heavy (non-hydrogen) atoms. The van der Waals surface area contributed by atoms with Gasteiger partial charge < -0.3 is 9.47 Å². The molecule has 0 spiro atoms. The summed E-state index contributed by atoms with van der Waals surface area (Å²) in [6.07, 6.45) is 10.8. The highest BCUT2D eigenvalue weighted by Crippen LogP contribution is 2.29. The van der Waals surface area contributed by atoms with E-state index in [1.54, 1.807) is 0 Å². The van der Waals surface area contributed by atoms with Gasteiger partial charge in [-0.25, -0.2) is 0 Å². The molecular weight excluding hydrogens is 272 g/mol. The summed E-state index contributed by atoms with van der Waals surface area (Å²) in [6, 6.07) is 0. The van der Waals surface area contributed by atoms with Gasteiger partial charge in [0, 0.05) is 13.2 Å². The molecule has 0 aliphatic heterocycles. The summed E-state index contributed by atoms with van der Waals surface area (Å²) in [6.45, 7) is 13.2. The van der Waals surface area contributed by atoms with Crippen LogP contribution in [-0.2, 0) is 9.47 Å². The van der Waals surface area contributed by atoms with Crippen LogP contribution in [0.25, 0.3) is 0 Å². The van der Waals surface area contributed by atoms with E-state index in [4.69, 9.17) is 9.47 Å². The topological polar surface area (TPSA) is 18.5 Å². The third-order valence-corrected chi connectivity index (χ3v) is 5.21. The lowest BCUT2D eigenvalue weighted by molar-refractivity contribution is -0.0260. The van der Waals surface area contributed by atoms with E-state index in [0.29, 0.717) is 18.1 Å². The van der Waals surface area contributed by atoms with Crippen LogP contribution in [-0.4, -0.2) is 25.4 Å². The largest absolute Gasteiger partial charge is 0.378 e. The lowest BCUT2D eigenvalue weighted by Gasteiger charge is -2.29. The number of hydrogen-bond acceptors (Lipinski definition) is 2. The summed E-state index contributed by atoms with van der Waals surface area (Å²) in [7, 11) is 0. The van der Waals surface area contributed by atoms with Crippen molar-refractivity contribution in [1.82, 2.24) is 0 Å². The molecule has 0 amide bonds. The molecule has 0 aromatic rings. The molecule has 2 nitrogen and oxygen atoms in total. The Labute approximate surface area is 139 Å². The fraction of sp³-hybridized carbons (Fsp3) is 1.00. The van der Waals surface area contributed by atoms with Gasteiger partial charge in [0.1, 0.15) is 0 Å². The van der Waals surface area contributed by atoms with Crippen molar-refractivity contribution in [3.8, 4) is 0 Å². The van der Waals surface area contributed by atoms with Crippen molar-refractivity contribution in [2.24, 2.45) is 17.8 Å². The zero-order chi connectivity index (χ0) is 16.4. The molecule has 0 heterocycles. The van der Waals surface area contributed by atoms with Gasteiger partial charge >= 0.3 is 0 Å². The first kappa shape index (κ1) is 20.0. The lowest BCUT2D eigenvalue weighted by Crippen LogP contribution is -2.27. The van der Waals surface area contributed by atoms with Gasteiger partial charge in [-0.1, -0.05) is 47.5 Å². The van der Waals surface area contributed by atoms with Crippen LogP contribution in [0.3, 0.4) is 0 Å². The predicted molar refractivity (Wildman–Crippen MR) is 95.3 cm³/mol. The molecule has 0 aromatic carbocycles. The van der Waals surface area contributed by atoms with Crippen LogP contribution < -0.4 is 0 Å². The van der Waals surface area contributed by atoms with Crippen LogP contribution in [0.15, 0.2) is 0 Å². The normalized spacial score (nSPS) is 25.4. The molecule has 2 atom stereocenters. The van der Waals surface area contributed by atoms with Crippen molar-refractivity contribution in [2.75, 3.05) is 13.2 Å². The van der Waals surface area contributed by atoms with Gasteiger partial charge in [0.15, 0.2) is 0 Å². The van der Waals surface area contributed by atoms with Gasteiger partial charge in [-0.05, 0) is 56.3 Å². The standard InChI is InChI=1S/C20H40O2/c1-6-14-21-19(7-2)12-13-20(16(3)4)22-15-18-10-8-17(5)9-11-18/h16-20H,6-15H2,1-5H3. The van der Waals surface area contributed by atoms with E-state index in [9.17, 15) is 0 Å². The molecule has 0 radical (unpaired) electrons. The zero-order valence-electron chi connectivity index (χ0n) is 15.8. The Kier molecular flexibility index (Phi) is 10.4. The molecule has 2 unspecified atom stereocenters. The predicted octanol–water partition coefficient (Wildman–Crippen LogP) is 5.84. The Balaban J connectivity index is 2.28. The fourth-order valence-corrected chi connectivity index (χ4v) is 3.40. The maximum atomic E-state index is 6.32. The molecule has 0 N–H and O–H groups in total. The van der Waals surface area contributed by atoms with Crippen molar-refractivity contribution in [3.63, 3.8) is 0 Å². The highest BCUT2D eigenvalue weighted by molar-refractivity contribution is 4.72. The number of rotatable bonds is 11. The van der Waals surface area contributed by atoms with Gasteiger partial charge in [0.25, 0.3) is 0 Å².